The molecule has 2 unspecified atom stereocenters. The lowest BCUT2D eigenvalue weighted by Gasteiger charge is -2.47. The molecule has 0 radical (unpaired) electrons. The standard InChI is InChI=1S/C20H29N3O2/c1-14-9-19(3,4)12-20(10-14,13-24)21-11-16-8-17(25)23-7-5-6-15(2)18(23)22-16/h5-8,14,21,24H,9-13H2,1-4H3. The zero-order valence-electron chi connectivity index (χ0n) is 15.7. The third kappa shape index (κ3) is 3.77. The maximum absolute atomic E-state index is 12.4. The fraction of sp³-hybridized carbons (Fsp3) is 0.600. The number of aromatic nitrogens is 2. The molecule has 0 saturated heterocycles. The van der Waals surface area contributed by atoms with Crippen molar-refractivity contribution in [3.8, 4) is 0 Å². The summed E-state index contributed by atoms with van der Waals surface area (Å²) < 4.78 is 1.58. The average molecular weight is 343 g/mol. The highest BCUT2D eigenvalue weighted by molar-refractivity contribution is 5.46. The first-order valence-electron chi connectivity index (χ1n) is 9.07. The third-order valence-electron chi connectivity index (χ3n) is 5.34. The first-order valence-corrected chi connectivity index (χ1v) is 9.07. The smallest absolute Gasteiger partial charge is 0.258 e. The number of aliphatic hydroxyl groups is 1. The lowest BCUT2D eigenvalue weighted by Crippen LogP contribution is -2.55. The Hall–Kier alpha value is -1.72. The summed E-state index contributed by atoms with van der Waals surface area (Å²) in [7, 11) is 0. The summed E-state index contributed by atoms with van der Waals surface area (Å²) in [6, 6.07) is 5.40. The number of aliphatic hydroxyl groups excluding tert-OH is 1. The van der Waals surface area contributed by atoms with Crippen LogP contribution in [0.25, 0.3) is 5.65 Å². The van der Waals surface area contributed by atoms with Gasteiger partial charge in [-0.2, -0.15) is 0 Å². The van der Waals surface area contributed by atoms with E-state index >= 15 is 0 Å². The van der Waals surface area contributed by atoms with Crippen LogP contribution < -0.4 is 10.9 Å². The summed E-state index contributed by atoms with van der Waals surface area (Å²) >= 11 is 0. The number of hydrogen-bond acceptors (Lipinski definition) is 4. The zero-order valence-corrected chi connectivity index (χ0v) is 15.7. The highest BCUT2D eigenvalue weighted by Crippen LogP contribution is 2.43. The van der Waals surface area contributed by atoms with Crippen molar-refractivity contribution in [3.05, 3.63) is 46.0 Å². The minimum atomic E-state index is -0.306. The fourth-order valence-electron chi connectivity index (χ4n) is 4.73. The van der Waals surface area contributed by atoms with Gasteiger partial charge in [0.2, 0.25) is 0 Å². The van der Waals surface area contributed by atoms with Crippen molar-refractivity contribution in [1.82, 2.24) is 14.7 Å². The van der Waals surface area contributed by atoms with Crippen LogP contribution in [0, 0.1) is 18.3 Å². The van der Waals surface area contributed by atoms with E-state index in [1.54, 1.807) is 16.7 Å². The number of hydrogen-bond donors (Lipinski definition) is 2. The molecule has 2 heterocycles. The molecule has 0 bridgehead atoms. The minimum absolute atomic E-state index is 0.0686. The van der Waals surface area contributed by atoms with Crippen molar-refractivity contribution in [3.63, 3.8) is 0 Å². The Kier molecular flexibility index (Phi) is 4.73. The molecule has 0 amide bonds. The van der Waals surface area contributed by atoms with Gasteiger partial charge in [0.1, 0.15) is 5.65 Å². The van der Waals surface area contributed by atoms with Crippen molar-refractivity contribution in [2.24, 2.45) is 11.3 Å². The minimum Gasteiger partial charge on any atom is -0.394 e. The molecule has 5 heteroatoms. The Morgan fingerprint density at radius 3 is 2.84 bits per heavy atom. The highest BCUT2D eigenvalue weighted by atomic mass is 16.3. The first-order chi connectivity index (χ1) is 11.7. The van der Waals surface area contributed by atoms with Crippen LogP contribution in [0.3, 0.4) is 0 Å². The van der Waals surface area contributed by atoms with Gasteiger partial charge in [0.15, 0.2) is 0 Å². The number of nitrogens with one attached hydrogen (secondary N) is 1. The van der Waals surface area contributed by atoms with Crippen molar-refractivity contribution in [2.75, 3.05) is 6.61 Å². The zero-order chi connectivity index (χ0) is 18.2. The normalized spacial score (nSPS) is 26.0. The van der Waals surface area contributed by atoms with Crippen molar-refractivity contribution in [2.45, 2.75) is 59.0 Å². The molecule has 3 rings (SSSR count). The van der Waals surface area contributed by atoms with Crippen LogP contribution in [-0.4, -0.2) is 26.6 Å². The Morgan fingerprint density at radius 1 is 1.40 bits per heavy atom. The van der Waals surface area contributed by atoms with Crippen LogP contribution in [-0.2, 0) is 6.54 Å². The molecular formula is C20H29N3O2. The topological polar surface area (TPSA) is 66.6 Å². The largest absolute Gasteiger partial charge is 0.394 e. The summed E-state index contributed by atoms with van der Waals surface area (Å²) in [5.41, 5.74) is 2.22. The Bertz CT molecular complexity index is 827. The van der Waals surface area contributed by atoms with E-state index in [4.69, 9.17) is 0 Å². The van der Waals surface area contributed by atoms with Gasteiger partial charge < -0.3 is 10.4 Å². The molecule has 5 nitrogen and oxygen atoms in total. The van der Waals surface area contributed by atoms with Crippen molar-refractivity contribution < 1.29 is 5.11 Å². The van der Waals surface area contributed by atoms with E-state index in [0.29, 0.717) is 18.1 Å². The van der Waals surface area contributed by atoms with E-state index in [0.717, 1.165) is 24.1 Å². The number of aryl methyl sites for hydroxylation is 1. The van der Waals surface area contributed by atoms with E-state index in [2.05, 4.69) is 31.1 Å². The molecule has 0 aromatic carbocycles. The van der Waals surface area contributed by atoms with E-state index < -0.39 is 0 Å². The molecule has 1 aliphatic rings. The quantitative estimate of drug-likeness (QED) is 0.896. The molecule has 1 saturated carbocycles. The fourth-order valence-corrected chi connectivity index (χ4v) is 4.73. The summed E-state index contributed by atoms with van der Waals surface area (Å²) in [4.78, 5) is 17.0. The van der Waals surface area contributed by atoms with Crippen molar-refractivity contribution in [1.29, 1.82) is 0 Å². The van der Waals surface area contributed by atoms with E-state index in [1.807, 2.05) is 19.1 Å². The van der Waals surface area contributed by atoms with Gasteiger partial charge in [0.05, 0.1) is 12.3 Å². The maximum atomic E-state index is 12.4. The average Bonchev–Trinajstić information content (AvgIpc) is 2.52. The van der Waals surface area contributed by atoms with Crippen LogP contribution in [0.1, 0.15) is 51.3 Å². The maximum Gasteiger partial charge on any atom is 0.258 e. The van der Waals surface area contributed by atoms with Crippen LogP contribution in [0.2, 0.25) is 0 Å². The third-order valence-corrected chi connectivity index (χ3v) is 5.34. The monoisotopic (exact) mass is 343 g/mol. The molecule has 2 aromatic rings. The van der Waals surface area contributed by atoms with Crippen LogP contribution >= 0.6 is 0 Å². The van der Waals surface area contributed by atoms with Gasteiger partial charge in [-0.15, -0.1) is 0 Å². The predicted octanol–water partition coefficient (Wildman–Crippen LogP) is 2.67. The molecule has 0 spiro atoms. The lowest BCUT2D eigenvalue weighted by molar-refractivity contribution is 0.0350. The van der Waals surface area contributed by atoms with Crippen LogP contribution in [0.15, 0.2) is 29.2 Å². The van der Waals surface area contributed by atoms with Gasteiger partial charge in [-0.25, -0.2) is 4.98 Å². The molecule has 2 N–H and O–H groups in total. The van der Waals surface area contributed by atoms with E-state index in [1.165, 1.54) is 6.42 Å². The lowest BCUT2D eigenvalue weighted by atomic mass is 9.64. The van der Waals surface area contributed by atoms with Gasteiger partial charge in [-0.1, -0.05) is 26.8 Å². The number of pyridine rings is 1. The highest BCUT2D eigenvalue weighted by Gasteiger charge is 2.42. The molecule has 1 fully saturated rings. The van der Waals surface area contributed by atoms with E-state index in [9.17, 15) is 9.90 Å². The Labute approximate surface area is 149 Å². The second-order valence-electron chi connectivity index (χ2n) is 8.62. The SMILES string of the molecule is Cc1cccn2c(=O)cc(CNC3(CO)CC(C)CC(C)(C)C3)nc12. The van der Waals surface area contributed by atoms with Gasteiger partial charge in [0, 0.05) is 24.3 Å². The van der Waals surface area contributed by atoms with Crippen LogP contribution in [0.5, 0.6) is 0 Å². The molecule has 25 heavy (non-hydrogen) atoms. The summed E-state index contributed by atoms with van der Waals surface area (Å²) in [5, 5.41) is 13.6. The Morgan fingerprint density at radius 2 is 2.16 bits per heavy atom. The molecule has 136 valence electrons. The molecular weight excluding hydrogens is 314 g/mol. The second kappa shape index (κ2) is 6.54. The summed E-state index contributed by atoms with van der Waals surface area (Å²) in [6.07, 6.45) is 4.78. The van der Waals surface area contributed by atoms with Gasteiger partial charge in [-0.3, -0.25) is 9.20 Å². The van der Waals surface area contributed by atoms with Gasteiger partial charge in [-0.05, 0) is 49.1 Å². The Balaban J connectivity index is 1.86. The first kappa shape index (κ1) is 18.1. The van der Waals surface area contributed by atoms with Gasteiger partial charge >= 0.3 is 0 Å². The van der Waals surface area contributed by atoms with Gasteiger partial charge in [0.25, 0.3) is 5.56 Å². The molecule has 1 aliphatic carbocycles. The molecule has 2 aromatic heterocycles. The summed E-state index contributed by atoms with van der Waals surface area (Å²) in [6.45, 7) is 9.32. The second-order valence-corrected chi connectivity index (χ2v) is 8.62. The number of nitrogens with zero attached hydrogens (tertiary/aromatic N) is 2. The molecule has 2 atom stereocenters. The number of rotatable bonds is 4. The van der Waals surface area contributed by atoms with Crippen LogP contribution in [0.4, 0.5) is 0 Å². The predicted molar refractivity (Wildman–Crippen MR) is 99.7 cm³/mol. The summed E-state index contributed by atoms with van der Waals surface area (Å²) in [5.74, 6) is 0.556. The molecule has 0 aliphatic heterocycles. The van der Waals surface area contributed by atoms with E-state index in [-0.39, 0.29) is 23.1 Å². The number of fused-ring (bicyclic) bond motifs is 1. The van der Waals surface area contributed by atoms with Crippen molar-refractivity contribution >= 4 is 5.65 Å².